The van der Waals surface area contributed by atoms with Crippen molar-refractivity contribution in [2.45, 2.75) is 57.5 Å². The Morgan fingerprint density at radius 2 is 1.90 bits per heavy atom. The van der Waals surface area contributed by atoms with Gasteiger partial charge in [0.15, 0.2) is 11.6 Å². The minimum atomic E-state index is -0.795. The molecule has 0 aliphatic carbocycles. The van der Waals surface area contributed by atoms with Gasteiger partial charge in [-0.1, -0.05) is 25.5 Å². The molecule has 0 aromatic heterocycles. The molecule has 1 heterocycles. The van der Waals surface area contributed by atoms with E-state index in [4.69, 9.17) is 5.73 Å². The molecule has 0 saturated carbocycles. The molecule has 2 N–H and O–H groups in total. The van der Waals surface area contributed by atoms with Crippen molar-refractivity contribution in [2.75, 3.05) is 13.1 Å². The normalized spacial score (nSPS) is 21.0. The van der Waals surface area contributed by atoms with Crippen LogP contribution in [0, 0.1) is 11.6 Å². The molecule has 118 valence electrons. The molecule has 21 heavy (non-hydrogen) atoms. The molecule has 0 amide bonds. The van der Waals surface area contributed by atoms with Gasteiger partial charge in [-0.15, -0.1) is 0 Å². The molecule has 1 fully saturated rings. The number of hydrogen-bond acceptors (Lipinski definition) is 2. The highest BCUT2D eigenvalue weighted by Crippen LogP contribution is 2.28. The van der Waals surface area contributed by atoms with Crippen LogP contribution in [0.2, 0.25) is 0 Å². The van der Waals surface area contributed by atoms with Crippen molar-refractivity contribution >= 4 is 0 Å². The Morgan fingerprint density at radius 1 is 1.24 bits per heavy atom. The highest BCUT2D eigenvalue weighted by atomic mass is 19.2. The molecule has 1 aromatic carbocycles. The number of nitrogens with zero attached hydrogens (tertiary/aromatic N) is 1. The van der Waals surface area contributed by atoms with Crippen molar-refractivity contribution in [1.29, 1.82) is 0 Å². The second-order valence-corrected chi connectivity index (χ2v) is 6.28. The summed E-state index contributed by atoms with van der Waals surface area (Å²) in [6, 6.07) is 4.11. The summed E-state index contributed by atoms with van der Waals surface area (Å²) in [6.45, 7) is 6.37. The number of hydrogen-bond donors (Lipinski definition) is 1. The fourth-order valence-electron chi connectivity index (χ4n) is 3.29. The van der Waals surface area contributed by atoms with Crippen molar-refractivity contribution < 1.29 is 8.78 Å². The summed E-state index contributed by atoms with van der Waals surface area (Å²) < 4.78 is 27.2. The molecule has 2 rings (SSSR count). The van der Waals surface area contributed by atoms with E-state index in [-0.39, 0.29) is 11.6 Å². The molecule has 1 saturated heterocycles. The Labute approximate surface area is 126 Å². The third-order valence-corrected chi connectivity index (χ3v) is 5.06. The van der Waals surface area contributed by atoms with Crippen molar-refractivity contribution in [2.24, 2.45) is 5.73 Å². The third kappa shape index (κ3) is 3.43. The maximum Gasteiger partial charge on any atom is 0.162 e. The highest BCUT2D eigenvalue weighted by Gasteiger charge is 2.37. The van der Waals surface area contributed by atoms with Crippen LogP contribution in [-0.2, 0) is 6.42 Å². The molecule has 2 unspecified atom stereocenters. The van der Waals surface area contributed by atoms with Gasteiger partial charge in [-0.05, 0) is 57.3 Å². The van der Waals surface area contributed by atoms with E-state index in [1.807, 2.05) is 0 Å². The minimum absolute atomic E-state index is 0.167. The average molecular weight is 296 g/mol. The molecule has 2 nitrogen and oxygen atoms in total. The third-order valence-electron chi connectivity index (χ3n) is 5.06. The summed E-state index contributed by atoms with van der Waals surface area (Å²) in [5.74, 6) is -1.55. The molecule has 4 heteroatoms. The van der Waals surface area contributed by atoms with Crippen LogP contribution in [-0.4, -0.2) is 29.6 Å². The summed E-state index contributed by atoms with van der Waals surface area (Å²) in [5, 5.41) is 0. The van der Waals surface area contributed by atoms with Gasteiger partial charge in [0.25, 0.3) is 0 Å². The van der Waals surface area contributed by atoms with Gasteiger partial charge < -0.3 is 5.73 Å². The van der Waals surface area contributed by atoms with Crippen LogP contribution in [0.4, 0.5) is 8.78 Å². The van der Waals surface area contributed by atoms with Crippen LogP contribution in [0.25, 0.3) is 0 Å². The molecular weight excluding hydrogens is 270 g/mol. The van der Waals surface area contributed by atoms with Gasteiger partial charge >= 0.3 is 0 Å². The maximum absolute atomic E-state index is 13.9. The summed E-state index contributed by atoms with van der Waals surface area (Å²) >= 11 is 0. The quantitative estimate of drug-likeness (QED) is 0.901. The van der Waals surface area contributed by atoms with Crippen LogP contribution in [0.5, 0.6) is 0 Å². The molecule has 0 spiro atoms. The number of benzene rings is 1. The van der Waals surface area contributed by atoms with Gasteiger partial charge in [-0.3, -0.25) is 4.90 Å². The lowest BCUT2D eigenvalue weighted by molar-refractivity contribution is 0.0543. The summed E-state index contributed by atoms with van der Waals surface area (Å²) in [7, 11) is 0. The molecule has 1 aliphatic heterocycles. The van der Waals surface area contributed by atoms with Crippen LogP contribution in [0.1, 0.15) is 45.1 Å². The zero-order chi connectivity index (χ0) is 15.5. The van der Waals surface area contributed by atoms with Gasteiger partial charge in [-0.25, -0.2) is 8.78 Å². The largest absolute Gasteiger partial charge is 0.326 e. The molecule has 0 radical (unpaired) electrons. The fraction of sp³-hybridized carbons (Fsp3) is 0.647. The first kappa shape index (κ1) is 16.4. The lowest BCUT2D eigenvalue weighted by Crippen LogP contribution is -2.59. The smallest absolute Gasteiger partial charge is 0.162 e. The second kappa shape index (κ2) is 6.84. The van der Waals surface area contributed by atoms with Gasteiger partial charge in [-0.2, -0.15) is 0 Å². The van der Waals surface area contributed by atoms with Crippen molar-refractivity contribution in [3.63, 3.8) is 0 Å². The zero-order valence-electron chi connectivity index (χ0n) is 13.0. The lowest BCUT2D eigenvalue weighted by atomic mass is 9.83. The zero-order valence-corrected chi connectivity index (χ0v) is 13.0. The Hall–Kier alpha value is -1.00. The van der Waals surface area contributed by atoms with Gasteiger partial charge in [0, 0.05) is 11.6 Å². The molecule has 1 aliphatic rings. The Balaban J connectivity index is 2.15. The Kier molecular flexibility index (Phi) is 5.33. The van der Waals surface area contributed by atoms with Crippen molar-refractivity contribution in [1.82, 2.24) is 4.90 Å². The minimum Gasteiger partial charge on any atom is -0.326 e. The molecular formula is C17H26F2N2. The number of piperidine rings is 1. The van der Waals surface area contributed by atoms with E-state index in [9.17, 15) is 8.78 Å². The number of rotatable bonds is 5. The summed E-state index contributed by atoms with van der Waals surface area (Å²) in [4.78, 5) is 2.43. The lowest BCUT2D eigenvalue weighted by Gasteiger charge is -2.47. The fourth-order valence-corrected chi connectivity index (χ4v) is 3.29. The van der Waals surface area contributed by atoms with E-state index in [2.05, 4.69) is 18.7 Å². The molecule has 2 atom stereocenters. The van der Waals surface area contributed by atoms with E-state index < -0.39 is 11.6 Å². The maximum atomic E-state index is 13.9. The Bertz CT molecular complexity index is 472. The highest BCUT2D eigenvalue weighted by molar-refractivity contribution is 5.21. The SMILES string of the molecule is CCC(C)(C(N)Cc1cccc(F)c1F)N1CCCCC1. The first-order chi connectivity index (χ1) is 9.99. The van der Waals surface area contributed by atoms with Crippen molar-refractivity contribution in [3.05, 3.63) is 35.4 Å². The average Bonchev–Trinajstić information content (AvgIpc) is 2.51. The van der Waals surface area contributed by atoms with E-state index in [1.54, 1.807) is 12.1 Å². The van der Waals surface area contributed by atoms with E-state index in [0.29, 0.717) is 12.0 Å². The van der Waals surface area contributed by atoms with E-state index >= 15 is 0 Å². The number of likely N-dealkylation sites (tertiary alicyclic amines) is 1. The van der Waals surface area contributed by atoms with Gasteiger partial charge in [0.2, 0.25) is 0 Å². The topological polar surface area (TPSA) is 29.3 Å². The first-order valence-electron chi connectivity index (χ1n) is 7.92. The van der Waals surface area contributed by atoms with E-state index in [1.165, 1.54) is 19.3 Å². The van der Waals surface area contributed by atoms with E-state index in [0.717, 1.165) is 25.6 Å². The number of halogens is 2. The van der Waals surface area contributed by atoms with Gasteiger partial charge in [0.1, 0.15) is 0 Å². The monoisotopic (exact) mass is 296 g/mol. The second-order valence-electron chi connectivity index (χ2n) is 6.28. The summed E-state index contributed by atoms with van der Waals surface area (Å²) in [5.41, 5.74) is 6.62. The summed E-state index contributed by atoms with van der Waals surface area (Å²) in [6.07, 6.45) is 4.92. The molecule has 1 aromatic rings. The van der Waals surface area contributed by atoms with Gasteiger partial charge in [0.05, 0.1) is 0 Å². The molecule has 0 bridgehead atoms. The van der Waals surface area contributed by atoms with Crippen LogP contribution >= 0.6 is 0 Å². The standard InChI is InChI=1S/C17H26F2N2/c1-3-17(2,21-10-5-4-6-11-21)15(20)12-13-8-7-9-14(18)16(13)19/h7-9,15H,3-6,10-12,20H2,1-2H3. The van der Waals surface area contributed by atoms with Crippen LogP contribution in [0.15, 0.2) is 18.2 Å². The number of nitrogens with two attached hydrogens (primary N) is 1. The predicted octanol–water partition coefficient (Wildman–Crippen LogP) is 3.49. The predicted molar refractivity (Wildman–Crippen MR) is 82.2 cm³/mol. The van der Waals surface area contributed by atoms with Crippen LogP contribution < -0.4 is 5.73 Å². The van der Waals surface area contributed by atoms with Crippen molar-refractivity contribution in [3.8, 4) is 0 Å². The van der Waals surface area contributed by atoms with Crippen LogP contribution in [0.3, 0.4) is 0 Å². The Morgan fingerprint density at radius 3 is 2.52 bits per heavy atom. The first-order valence-corrected chi connectivity index (χ1v) is 7.92.